The van der Waals surface area contributed by atoms with E-state index >= 15 is 0 Å². The van der Waals surface area contributed by atoms with Crippen molar-refractivity contribution in [1.29, 1.82) is 0 Å². The molecule has 0 aliphatic heterocycles. The summed E-state index contributed by atoms with van der Waals surface area (Å²) in [5, 5.41) is 2.89. The molecule has 2 aromatic rings. The predicted molar refractivity (Wildman–Crippen MR) is 79.4 cm³/mol. The number of methoxy groups -OCH3 is 1. The normalized spacial score (nSPS) is 10.4. The minimum absolute atomic E-state index is 0.0656. The molecule has 21 heavy (non-hydrogen) atoms. The molecule has 0 atom stereocenters. The lowest BCUT2D eigenvalue weighted by Gasteiger charge is -2.08. The van der Waals surface area contributed by atoms with Crippen LogP contribution in [0.15, 0.2) is 28.7 Å². The second-order valence-corrected chi connectivity index (χ2v) is 4.83. The molecule has 5 heteroatoms. The SMILES string of the molecule is COc1ccccc1CCNC(=O)Cc1oc(C)nc1C. The van der Waals surface area contributed by atoms with E-state index in [1.54, 1.807) is 14.0 Å². The standard InChI is InChI=1S/C16H20N2O3/c1-11-15(21-12(2)18-11)10-16(19)17-9-8-13-6-4-5-7-14(13)20-3/h4-7H,8-10H2,1-3H3,(H,17,19). The lowest BCUT2D eigenvalue weighted by atomic mass is 10.1. The predicted octanol–water partition coefficient (Wildman–Crippen LogP) is 2.20. The van der Waals surface area contributed by atoms with E-state index in [-0.39, 0.29) is 12.3 Å². The van der Waals surface area contributed by atoms with Crippen LogP contribution in [-0.2, 0) is 17.6 Å². The average Bonchev–Trinajstić information content (AvgIpc) is 2.77. The quantitative estimate of drug-likeness (QED) is 0.885. The third kappa shape index (κ3) is 4.08. The Morgan fingerprint density at radius 1 is 1.33 bits per heavy atom. The number of nitrogens with zero attached hydrogens (tertiary/aromatic N) is 1. The van der Waals surface area contributed by atoms with Gasteiger partial charge in [-0.25, -0.2) is 4.98 Å². The van der Waals surface area contributed by atoms with Crippen molar-refractivity contribution in [2.24, 2.45) is 0 Å². The molecular formula is C16H20N2O3. The lowest BCUT2D eigenvalue weighted by molar-refractivity contribution is -0.120. The monoisotopic (exact) mass is 288 g/mol. The van der Waals surface area contributed by atoms with Crippen molar-refractivity contribution in [3.8, 4) is 5.75 Å². The van der Waals surface area contributed by atoms with Gasteiger partial charge in [-0.1, -0.05) is 18.2 Å². The number of oxazole rings is 1. The molecule has 1 heterocycles. The van der Waals surface area contributed by atoms with Crippen LogP contribution in [0.3, 0.4) is 0 Å². The van der Waals surface area contributed by atoms with E-state index in [1.165, 1.54) is 0 Å². The Labute approximate surface area is 124 Å². The van der Waals surface area contributed by atoms with Crippen LogP contribution in [0.2, 0.25) is 0 Å². The molecule has 0 radical (unpaired) electrons. The summed E-state index contributed by atoms with van der Waals surface area (Å²) in [6.45, 7) is 4.18. The van der Waals surface area contributed by atoms with E-state index in [0.29, 0.717) is 18.2 Å². The highest BCUT2D eigenvalue weighted by atomic mass is 16.5. The van der Waals surface area contributed by atoms with Gasteiger partial charge >= 0.3 is 0 Å². The zero-order valence-electron chi connectivity index (χ0n) is 12.6. The Bertz CT molecular complexity index is 620. The van der Waals surface area contributed by atoms with E-state index in [2.05, 4.69) is 10.3 Å². The number of hydrogen-bond acceptors (Lipinski definition) is 4. The molecule has 1 N–H and O–H groups in total. The number of carbonyl (C=O) groups excluding carboxylic acids is 1. The zero-order valence-corrected chi connectivity index (χ0v) is 12.6. The van der Waals surface area contributed by atoms with Crippen LogP contribution < -0.4 is 10.1 Å². The van der Waals surface area contributed by atoms with E-state index in [9.17, 15) is 4.79 Å². The number of hydrogen-bond donors (Lipinski definition) is 1. The van der Waals surface area contributed by atoms with Crippen molar-refractivity contribution in [2.75, 3.05) is 13.7 Å². The molecule has 1 aromatic heterocycles. The van der Waals surface area contributed by atoms with Crippen molar-refractivity contribution in [3.63, 3.8) is 0 Å². The number of amides is 1. The first-order chi connectivity index (χ1) is 10.1. The van der Waals surface area contributed by atoms with Crippen molar-refractivity contribution >= 4 is 5.91 Å². The summed E-state index contributed by atoms with van der Waals surface area (Å²) in [6.07, 6.45) is 0.947. The third-order valence-corrected chi connectivity index (χ3v) is 3.23. The van der Waals surface area contributed by atoms with Crippen LogP contribution in [0, 0.1) is 13.8 Å². The Morgan fingerprint density at radius 3 is 2.76 bits per heavy atom. The van der Waals surface area contributed by atoms with Gasteiger partial charge in [0.1, 0.15) is 11.5 Å². The second-order valence-electron chi connectivity index (χ2n) is 4.83. The smallest absolute Gasteiger partial charge is 0.227 e. The number of para-hydroxylation sites is 1. The van der Waals surface area contributed by atoms with E-state index in [1.807, 2.05) is 31.2 Å². The lowest BCUT2D eigenvalue weighted by Crippen LogP contribution is -2.27. The number of rotatable bonds is 6. The van der Waals surface area contributed by atoms with Gasteiger partial charge in [0.05, 0.1) is 19.2 Å². The van der Waals surface area contributed by atoms with Gasteiger partial charge in [0.15, 0.2) is 5.89 Å². The number of carbonyl (C=O) groups is 1. The van der Waals surface area contributed by atoms with Gasteiger partial charge in [-0.05, 0) is 25.0 Å². The highest BCUT2D eigenvalue weighted by Crippen LogP contribution is 2.17. The van der Waals surface area contributed by atoms with E-state index in [0.717, 1.165) is 23.4 Å². The third-order valence-electron chi connectivity index (χ3n) is 3.23. The van der Waals surface area contributed by atoms with Gasteiger partial charge in [-0.15, -0.1) is 0 Å². The maximum Gasteiger partial charge on any atom is 0.227 e. The summed E-state index contributed by atoms with van der Waals surface area (Å²) in [5.41, 5.74) is 1.85. The Kier molecular flexibility index (Phi) is 4.98. The van der Waals surface area contributed by atoms with Crippen LogP contribution in [0.4, 0.5) is 0 Å². The molecule has 1 aromatic carbocycles. The van der Waals surface area contributed by atoms with Gasteiger partial charge in [0.25, 0.3) is 0 Å². The van der Waals surface area contributed by atoms with Gasteiger partial charge < -0.3 is 14.5 Å². The first-order valence-corrected chi connectivity index (χ1v) is 6.91. The van der Waals surface area contributed by atoms with E-state index in [4.69, 9.17) is 9.15 Å². The summed E-state index contributed by atoms with van der Waals surface area (Å²) in [5.74, 6) is 1.99. The van der Waals surface area contributed by atoms with Crippen molar-refractivity contribution in [2.45, 2.75) is 26.7 Å². The van der Waals surface area contributed by atoms with Crippen molar-refractivity contribution in [1.82, 2.24) is 10.3 Å². The molecule has 0 saturated heterocycles. The summed E-state index contributed by atoms with van der Waals surface area (Å²) in [6, 6.07) is 7.79. The molecule has 0 saturated carbocycles. The van der Waals surface area contributed by atoms with Gasteiger partial charge in [0, 0.05) is 13.5 Å². The van der Waals surface area contributed by atoms with Gasteiger partial charge in [0.2, 0.25) is 5.91 Å². The molecule has 0 bridgehead atoms. The number of benzene rings is 1. The number of aromatic nitrogens is 1. The maximum absolute atomic E-state index is 11.9. The molecule has 0 spiro atoms. The number of aryl methyl sites for hydroxylation is 2. The van der Waals surface area contributed by atoms with Crippen LogP contribution in [0.1, 0.15) is 22.9 Å². The molecule has 1 amide bonds. The molecule has 0 unspecified atom stereocenters. The topological polar surface area (TPSA) is 64.4 Å². The summed E-state index contributed by atoms with van der Waals surface area (Å²) < 4.78 is 10.7. The van der Waals surface area contributed by atoms with Crippen molar-refractivity contribution < 1.29 is 13.9 Å². The molecule has 112 valence electrons. The molecule has 0 aliphatic rings. The zero-order chi connectivity index (χ0) is 15.2. The molecule has 0 aliphatic carbocycles. The fraction of sp³-hybridized carbons (Fsp3) is 0.375. The Balaban J connectivity index is 1.83. The first kappa shape index (κ1) is 15.1. The first-order valence-electron chi connectivity index (χ1n) is 6.91. The minimum Gasteiger partial charge on any atom is -0.496 e. The number of ether oxygens (including phenoxy) is 1. The molecule has 5 nitrogen and oxygen atoms in total. The molecular weight excluding hydrogens is 268 g/mol. The fourth-order valence-electron chi connectivity index (χ4n) is 2.19. The Morgan fingerprint density at radius 2 is 2.10 bits per heavy atom. The second kappa shape index (κ2) is 6.92. The van der Waals surface area contributed by atoms with Gasteiger partial charge in [-0.3, -0.25) is 4.79 Å². The maximum atomic E-state index is 11.9. The van der Waals surface area contributed by atoms with Crippen LogP contribution in [0.25, 0.3) is 0 Å². The van der Waals surface area contributed by atoms with E-state index < -0.39 is 0 Å². The Hall–Kier alpha value is -2.30. The van der Waals surface area contributed by atoms with Crippen LogP contribution in [-0.4, -0.2) is 24.5 Å². The fourth-order valence-corrected chi connectivity index (χ4v) is 2.19. The summed E-state index contributed by atoms with van der Waals surface area (Å²) >= 11 is 0. The van der Waals surface area contributed by atoms with Gasteiger partial charge in [-0.2, -0.15) is 0 Å². The minimum atomic E-state index is -0.0656. The van der Waals surface area contributed by atoms with Crippen LogP contribution in [0.5, 0.6) is 5.75 Å². The summed E-state index contributed by atoms with van der Waals surface area (Å²) in [7, 11) is 1.65. The highest BCUT2D eigenvalue weighted by Gasteiger charge is 2.11. The van der Waals surface area contributed by atoms with Crippen molar-refractivity contribution in [3.05, 3.63) is 47.2 Å². The molecule has 2 rings (SSSR count). The largest absolute Gasteiger partial charge is 0.496 e. The highest BCUT2D eigenvalue weighted by molar-refractivity contribution is 5.78. The van der Waals surface area contributed by atoms with Crippen LogP contribution >= 0.6 is 0 Å². The average molecular weight is 288 g/mol. The number of nitrogens with one attached hydrogen (secondary N) is 1. The molecule has 0 fully saturated rings. The summed E-state index contributed by atoms with van der Waals surface area (Å²) in [4.78, 5) is 16.0.